The maximum atomic E-state index is 13.8. The van der Waals surface area contributed by atoms with Crippen molar-refractivity contribution in [2.24, 2.45) is 0 Å². The molecular weight excluding hydrogens is 407 g/mol. The van der Waals surface area contributed by atoms with Crippen LogP contribution >= 0.6 is 0 Å². The van der Waals surface area contributed by atoms with Gasteiger partial charge >= 0.3 is 0 Å². The summed E-state index contributed by atoms with van der Waals surface area (Å²) in [5, 5.41) is 3.36. The van der Waals surface area contributed by atoms with Gasteiger partial charge in [0.05, 0.1) is 17.4 Å². The SMILES string of the molecule is Cc1cc(C)cc(NC(=O)CCn2cnc3c(c(C)c(C)n3-c3cccc(F)c3)c2=O)c1. The molecule has 32 heavy (non-hydrogen) atoms. The quantitative estimate of drug-likeness (QED) is 0.502. The van der Waals surface area contributed by atoms with E-state index in [4.69, 9.17) is 0 Å². The second kappa shape index (κ2) is 8.42. The highest BCUT2D eigenvalue weighted by atomic mass is 19.1. The molecule has 0 atom stereocenters. The predicted octanol–water partition coefficient (Wildman–Crippen LogP) is 4.59. The zero-order valence-corrected chi connectivity index (χ0v) is 18.6. The standard InChI is InChI=1S/C25H25FN4O2/c1-15-10-16(2)12-20(11-15)28-22(31)8-9-29-14-27-24-23(25(29)32)17(3)18(4)30(24)21-7-5-6-19(26)13-21/h5-7,10-14H,8-9H2,1-4H3,(H,28,31). The minimum atomic E-state index is -0.357. The average Bonchev–Trinajstić information content (AvgIpc) is 2.97. The largest absolute Gasteiger partial charge is 0.326 e. The van der Waals surface area contributed by atoms with Crippen LogP contribution in [0.25, 0.3) is 16.7 Å². The van der Waals surface area contributed by atoms with E-state index in [1.807, 2.05) is 45.9 Å². The molecule has 1 N–H and O–H groups in total. The minimum Gasteiger partial charge on any atom is -0.326 e. The number of nitrogens with one attached hydrogen (secondary N) is 1. The first kappa shape index (κ1) is 21.5. The van der Waals surface area contributed by atoms with Crippen molar-refractivity contribution < 1.29 is 9.18 Å². The molecule has 0 saturated carbocycles. The van der Waals surface area contributed by atoms with E-state index >= 15 is 0 Å². The first-order valence-electron chi connectivity index (χ1n) is 10.5. The topological polar surface area (TPSA) is 68.9 Å². The van der Waals surface area contributed by atoms with Crippen molar-refractivity contribution in [3.8, 4) is 5.69 Å². The first-order valence-corrected chi connectivity index (χ1v) is 10.5. The van der Waals surface area contributed by atoms with Crippen molar-refractivity contribution in [1.82, 2.24) is 14.1 Å². The number of carbonyl (C=O) groups is 1. The summed E-state index contributed by atoms with van der Waals surface area (Å²) in [6.45, 7) is 7.89. The third-order valence-corrected chi connectivity index (χ3v) is 5.63. The molecule has 2 aromatic heterocycles. The van der Waals surface area contributed by atoms with Gasteiger partial charge in [-0.05, 0) is 74.7 Å². The zero-order chi connectivity index (χ0) is 23.0. The molecule has 0 fully saturated rings. The fraction of sp³-hybridized carbons (Fsp3) is 0.240. The molecule has 0 aliphatic rings. The van der Waals surface area contributed by atoms with Gasteiger partial charge in [0, 0.05) is 24.3 Å². The fourth-order valence-electron chi connectivity index (χ4n) is 4.07. The normalized spacial score (nSPS) is 11.2. The molecule has 0 bridgehead atoms. The van der Waals surface area contributed by atoms with Crippen LogP contribution < -0.4 is 10.9 Å². The van der Waals surface area contributed by atoms with E-state index in [1.54, 1.807) is 16.7 Å². The van der Waals surface area contributed by atoms with Gasteiger partial charge in [0.2, 0.25) is 5.91 Å². The van der Waals surface area contributed by atoms with E-state index in [0.29, 0.717) is 16.7 Å². The van der Waals surface area contributed by atoms with Crippen LogP contribution in [-0.4, -0.2) is 20.0 Å². The van der Waals surface area contributed by atoms with Crippen LogP contribution in [0.1, 0.15) is 28.8 Å². The van der Waals surface area contributed by atoms with Gasteiger partial charge in [0.1, 0.15) is 5.82 Å². The molecule has 0 aliphatic heterocycles. The molecule has 0 unspecified atom stereocenters. The van der Waals surface area contributed by atoms with E-state index in [2.05, 4.69) is 10.3 Å². The van der Waals surface area contributed by atoms with E-state index in [1.165, 1.54) is 23.0 Å². The Labute approximate surface area is 185 Å². The number of amides is 1. The summed E-state index contributed by atoms with van der Waals surface area (Å²) in [4.78, 5) is 30.1. The number of halogens is 1. The zero-order valence-electron chi connectivity index (χ0n) is 18.6. The third kappa shape index (κ3) is 4.06. The molecule has 0 spiro atoms. The summed E-state index contributed by atoms with van der Waals surface area (Å²) in [5.74, 6) is -0.531. The fourth-order valence-corrected chi connectivity index (χ4v) is 4.07. The molecule has 7 heteroatoms. The molecule has 0 radical (unpaired) electrons. The lowest BCUT2D eigenvalue weighted by molar-refractivity contribution is -0.116. The lowest BCUT2D eigenvalue weighted by Gasteiger charge is -2.10. The molecule has 2 aromatic carbocycles. The summed E-state index contributed by atoms with van der Waals surface area (Å²) in [7, 11) is 0. The Hall–Kier alpha value is -3.74. The number of aromatic nitrogens is 3. The molecule has 0 aliphatic carbocycles. The summed E-state index contributed by atoms with van der Waals surface area (Å²) in [6.07, 6.45) is 1.59. The monoisotopic (exact) mass is 432 g/mol. The van der Waals surface area contributed by atoms with Crippen molar-refractivity contribution in [3.63, 3.8) is 0 Å². The van der Waals surface area contributed by atoms with Gasteiger partial charge in [-0.1, -0.05) is 12.1 Å². The number of nitrogens with zero attached hydrogens (tertiary/aromatic N) is 3. The van der Waals surface area contributed by atoms with Gasteiger partial charge in [-0.15, -0.1) is 0 Å². The number of rotatable bonds is 5. The lowest BCUT2D eigenvalue weighted by atomic mass is 10.1. The van der Waals surface area contributed by atoms with Crippen molar-refractivity contribution in [2.45, 2.75) is 40.7 Å². The second-order valence-corrected chi connectivity index (χ2v) is 8.14. The molecule has 6 nitrogen and oxygen atoms in total. The van der Waals surface area contributed by atoms with Crippen LogP contribution in [0.5, 0.6) is 0 Å². The number of hydrogen-bond donors (Lipinski definition) is 1. The Bertz CT molecular complexity index is 1380. The van der Waals surface area contributed by atoms with Crippen LogP contribution in [0, 0.1) is 33.5 Å². The van der Waals surface area contributed by atoms with Gasteiger partial charge in [0.25, 0.3) is 5.56 Å². The number of hydrogen-bond acceptors (Lipinski definition) is 3. The van der Waals surface area contributed by atoms with Crippen molar-refractivity contribution in [3.05, 3.63) is 87.3 Å². The van der Waals surface area contributed by atoms with Crippen LogP contribution in [-0.2, 0) is 11.3 Å². The Morgan fingerprint density at radius 1 is 1.06 bits per heavy atom. The van der Waals surface area contributed by atoms with Crippen LogP contribution in [0.4, 0.5) is 10.1 Å². The average molecular weight is 432 g/mol. The van der Waals surface area contributed by atoms with Crippen LogP contribution in [0.3, 0.4) is 0 Å². The van der Waals surface area contributed by atoms with Gasteiger partial charge in [-0.3, -0.25) is 18.7 Å². The predicted molar refractivity (Wildman–Crippen MR) is 124 cm³/mol. The first-order chi connectivity index (χ1) is 15.2. The summed E-state index contributed by atoms with van der Waals surface area (Å²) < 4.78 is 17.0. The molecule has 164 valence electrons. The van der Waals surface area contributed by atoms with Gasteiger partial charge < -0.3 is 5.32 Å². The molecule has 0 saturated heterocycles. The molecule has 2 heterocycles. The van der Waals surface area contributed by atoms with Crippen LogP contribution in [0.15, 0.2) is 53.6 Å². The third-order valence-electron chi connectivity index (χ3n) is 5.63. The number of anilines is 1. The van der Waals surface area contributed by atoms with Gasteiger partial charge in [0.15, 0.2) is 5.65 Å². The van der Waals surface area contributed by atoms with E-state index in [9.17, 15) is 14.0 Å². The van der Waals surface area contributed by atoms with Crippen molar-refractivity contribution in [2.75, 3.05) is 5.32 Å². The molecule has 4 rings (SSSR count). The number of benzene rings is 2. The summed E-state index contributed by atoms with van der Waals surface area (Å²) >= 11 is 0. The van der Waals surface area contributed by atoms with Crippen LogP contribution in [0.2, 0.25) is 0 Å². The van der Waals surface area contributed by atoms with Crippen molar-refractivity contribution >= 4 is 22.6 Å². The van der Waals surface area contributed by atoms with E-state index in [-0.39, 0.29) is 30.2 Å². The van der Waals surface area contributed by atoms with Crippen molar-refractivity contribution in [1.29, 1.82) is 0 Å². The number of fused-ring (bicyclic) bond motifs is 1. The molecule has 4 aromatic rings. The van der Waals surface area contributed by atoms with E-state index in [0.717, 1.165) is 28.1 Å². The Morgan fingerprint density at radius 2 is 1.78 bits per heavy atom. The Kier molecular flexibility index (Phi) is 5.65. The Morgan fingerprint density at radius 3 is 2.47 bits per heavy atom. The number of carbonyl (C=O) groups excluding carboxylic acids is 1. The lowest BCUT2D eigenvalue weighted by Crippen LogP contribution is -2.24. The van der Waals surface area contributed by atoms with Gasteiger partial charge in [-0.25, -0.2) is 9.37 Å². The van der Waals surface area contributed by atoms with E-state index < -0.39 is 0 Å². The highest BCUT2D eigenvalue weighted by Gasteiger charge is 2.18. The smallest absolute Gasteiger partial charge is 0.263 e. The highest BCUT2D eigenvalue weighted by molar-refractivity contribution is 5.91. The highest BCUT2D eigenvalue weighted by Crippen LogP contribution is 2.25. The maximum absolute atomic E-state index is 13.8. The van der Waals surface area contributed by atoms with Gasteiger partial charge in [-0.2, -0.15) is 0 Å². The minimum absolute atomic E-state index is 0.142. The number of aryl methyl sites for hydroxylation is 4. The summed E-state index contributed by atoms with van der Waals surface area (Å²) in [5.41, 5.74) is 5.36. The Balaban J connectivity index is 1.61. The second-order valence-electron chi connectivity index (χ2n) is 8.14. The summed E-state index contributed by atoms with van der Waals surface area (Å²) in [6, 6.07) is 12.0. The molecule has 1 amide bonds. The molecular formula is C25H25FN4O2. The maximum Gasteiger partial charge on any atom is 0.263 e.